The molecule has 1 atom stereocenters. The van der Waals surface area contributed by atoms with Crippen LogP contribution in [-0.4, -0.2) is 32.0 Å². The third kappa shape index (κ3) is 3.89. The number of nitrogens with one attached hydrogen (secondary N) is 1. The number of para-hydroxylation sites is 2. The van der Waals surface area contributed by atoms with E-state index in [4.69, 9.17) is 4.74 Å². The number of halogens is 1. The predicted molar refractivity (Wildman–Crippen MR) is 103 cm³/mol. The highest BCUT2D eigenvalue weighted by Crippen LogP contribution is 2.29. The summed E-state index contributed by atoms with van der Waals surface area (Å²) in [4.78, 5) is 26.1. The number of amides is 2. The number of quaternary nitrogens is 1. The molecule has 1 aliphatic heterocycles. The number of hydrogen-bond donors (Lipinski definition) is 2. The van der Waals surface area contributed by atoms with Gasteiger partial charge in [-0.15, -0.1) is 0 Å². The van der Waals surface area contributed by atoms with Crippen LogP contribution in [0.3, 0.4) is 0 Å². The van der Waals surface area contributed by atoms with Crippen molar-refractivity contribution >= 4 is 39.1 Å². The Bertz CT molecular complexity index is 841. The minimum absolute atomic E-state index is 0.0478. The molecule has 0 saturated heterocycles. The summed E-state index contributed by atoms with van der Waals surface area (Å²) in [6.07, 6.45) is 0. The fourth-order valence-corrected chi connectivity index (χ4v) is 3.50. The highest BCUT2D eigenvalue weighted by molar-refractivity contribution is 9.10. The van der Waals surface area contributed by atoms with Crippen LogP contribution in [-0.2, 0) is 9.59 Å². The van der Waals surface area contributed by atoms with Gasteiger partial charge in [0.1, 0.15) is 18.3 Å². The zero-order valence-corrected chi connectivity index (χ0v) is 16.2. The maximum Gasteiger partial charge on any atom is 0.282 e. The zero-order valence-electron chi connectivity index (χ0n) is 14.7. The minimum Gasteiger partial charge on any atom is -0.496 e. The predicted octanol–water partition coefficient (Wildman–Crippen LogP) is 2.07. The Morgan fingerprint density at radius 3 is 2.85 bits per heavy atom. The molecule has 0 bridgehead atoms. The maximum atomic E-state index is 12.7. The second-order valence-corrected chi connectivity index (χ2v) is 7.02. The normalized spacial score (nSPS) is 14.4. The second kappa shape index (κ2) is 7.88. The number of fused-ring (bicyclic) bond motifs is 1. The van der Waals surface area contributed by atoms with Gasteiger partial charge < -0.3 is 15.4 Å². The zero-order chi connectivity index (χ0) is 18.7. The number of methoxy groups -OCH3 is 1. The van der Waals surface area contributed by atoms with Crippen molar-refractivity contribution in [3.63, 3.8) is 0 Å². The first-order valence-electron chi connectivity index (χ1n) is 8.35. The van der Waals surface area contributed by atoms with Crippen LogP contribution in [0.4, 0.5) is 11.4 Å². The molecular weight excluding hydrogens is 398 g/mol. The highest BCUT2D eigenvalue weighted by atomic mass is 79.9. The van der Waals surface area contributed by atoms with Gasteiger partial charge in [-0.1, -0.05) is 12.1 Å². The van der Waals surface area contributed by atoms with E-state index in [0.717, 1.165) is 21.5 Å². The Morgan fingerprint density at radius 1 is 1.35 bits per heavy atom. The van der Waals surface area contributed by atoms with Gasteiger partial charge in [-0.3, -0.25) is 14.5 Å². The van der Waals surface area contributed by atoms with Crippen LogP contribution in [0, 0.1) is 0 Å². The Morgan fingerprint density at radius 2 is 2.12 bits per heavy atom. The average molecular weight is 419 g/mol. The molecule has 0 aliphatic carbocycles. The number of ether oxygens (including phenoxy) is 1. The van der Waals surface area contributed by atoms with E-state index in [2.05, 4.69) is 21.2 Å². The van der Waals surface area contributed by atoms with Crippen LogP contribution >= 0.6 is 15.9 Å². The van der Waals surface area contributed by atoms with Crippen molar-refractivity contribution < 1.29 is 19.6 Å². The topological polar surface area (TPSA) is 75.2 Å². The Hall–Kier alpha value is -2.38. The molecule has 3 rings (SSSR count). The average Bonchev–Trinajstić information content (AvgIpc) is 2.65. The van der Waals surface area contributed by atoms with Crippen LogP contribution in [0.2, 0.25) is 0 Å². The van der Waals surface area contributed by atoms with Gasteiger partial charge in [0, 0.05) is 5.56 Å². The number of hydrogen-bond acceptors (Lipinski definition) is 3. The fraction of sp³-hybridized carbons (Fsp3) is 0.263. The molecule has 0 radical (unpaired) electrons. The molecule has 0 unspecified atom stereocenters. The summed E-state index contributed by atoms with van der Waals surface area (Å²) in [6, 6.07) is 13.3. The van der Waals surface area contributed by atoms with Gasteiger partial charge in [0.15, 0.2) is 6.54 Å². The molecular formula is C19H21BrN3O3+. The Labute approximate surface area is 160 Å². The molecule has 0 saturated carbocycles. The summed E-state index contributed by atoms with van der Waals surface area (Å²) in [5, 5.41) is 4.76. The lowest BCUT2D eigenvalue weighted by molar-refractivity contribution is -0.682. The van der Waals surface area contributed by atoms with Crippen molar-refractivity contribution in [3.8, 4) is 5.75 Å². The van der Waals surface area contributed by atoms with E-state index in [1.807, 2.05) is 48.6 Å². The van der Waals surface area contributed by atoms with Crippen molar-refractivity contribution in [2.24, 2.45) is 0 Å². The molecule has 7 heteroatoms. The molecule has 0 fully saturated rings. The van der Waals surface area contributed by atoms with Crippen LogP contribution in [0.25, 0.3) is 0 Å². The number of rotatable bonds is 5. The summed E-state index contributed by atoms with van der Waals surface area (Å²) in [5.41, 5.74) is 2.50. The molecule has 0 spiro atoms. The number of anilines is 2. The number of carbonyl (C=O) groups excluding carboxylic acids is 2. The Kier molecular flexibility index (Phi) is 5.58. The molecule has 2 amide bonds. The first-order chi connectivity index (χ1) is 12.5. The lowest BCUT2D eigenvalue weighted by Crippen LogP contribution is -2.87. The van der Waals surface area contributed by atoms with Crippen LogP contribution < -0.4 is 20.3 Å². The molecule has 6 nitrogen and oxygen atoms in total. The summed E-state index contributed by atoms with van der Waals surface area (Å²) in [7, 11) is 1.63. The van der Waals surface area contributed by atoms with Crippen molar-refractivity contribution in [2.75, 3.05) is 30.4 Å². The van der Waals surface area contributed by atoms with E-state index in [9.17, 15) is 9.59 Å². The van der Waals surface area contributed by atoms with E-state index < -0.39 is 0 Å². The first-order valence-corrected chi connectivity index (χ1v) is 9.15. The van der Waals surface area contributed by atoms with Gasteiger partial charge in [0.25, 0.3) is 5.91 Å². The largest absolute Gasteiger partial charge is 0.496 e. The Balaban J connectivity index is 1.67. The lowest BCUT2D eigenvalue weighted by Gasteiger charge is -2.28. The van der Waals surface area contributed by atoms with E-state index in [0.29, 0.717) is 5.69 Å². The van der Waals surface area contributed by atoms with Crippen LogP contribution in [0.15, 0.2) is 46.9 Å². The molecule has 0 aromatic heterocycles. The van der Waals surface area contributed by atoms with Gasteiger partial charge >= 0.3 is 0 Å². The molecule has 1 heterocycles. The molecule has 3 N–H and O–H groups in total. The van der Waals surface area contributed by atoms with Gasteiger partial charge in [0.05, 0.1) is 23.0 Å². The van der Waals surface area contributed by atoms with Crippen molar-refractivity contribution in [3.05, 3.63) is 52.5 Å². The fourth-order valence-electron chi connectivity index (χ4n) is 2.95. The van der Waals surface area contributed by atoms with E-state index in [1.54, 1.807) is 18.1 Å². The molecule has 136 valence electrons. The van der Waals surface area contributed by atoms with E-state index >= 15 is 0 Å². The minimum atomic E-state index is -0.177. The summed E-state index contributed by atoms with van der Waals surface area (Å²) >= 11 is 3.48. The summed E-state index contributed by atoms with van der Waals surface area (Å²) < 4.78 is 6.13. The van der Waals surface area contributed by atoms with Gasteiger partial charge in [-0.05, 0) is 53.2 Å². The van der Waals surface area contributed by atoms with Crippen LogP contribution in [0.1, 0.15) is 18.5 Å². The molecule has 1 aliphatic rings. The monoisotopic (exact) mass is 418 g/mol. The van der Waals surface area contributed by atoms with E-state index in [-0.39, 0.29) is 30.9 Å². The van der Waals surface area contributed by atoms with Crippen molar-refractivity contribution in [1.82, 2.24) is 0 Å². The number of nitrogens with zero attached hydrogens (tertiary/aromatic N) is 1. The van der Waals surface area contributed by atoms with E-state index in [1.165, 1.54) is 0 Å². The first kappa shape index (κ1) is 18.4. The maximum absolute atomic E-state index is 12.7. The van der Waals surface area contributed by atoms with Crippen molar-refractivity contribution in [2.45, 2.75) is 13.0 Å². The molecule has 26 heavy (non-hydrogen) atoms. The lowest BCUT2D eigenvalue weighted by atomic mass is 10.1. The highest BCUT2D eigenvalue weighted by Gasteiger charge is 2.27. The third-order valence-electron chi connectivity index (χ3n) is 4.42. The summed E-state index contributed by atoms with van der Waals surface area (Å²) in [6.45, 7) is 2.34. The molecule has 2 aromatic carbocycles. The quantitative estimate of drug-likeness (QED) is 0.780. The molecule has 2 aromatic rings. The van der Waals surface area contributed by atoms with Gasteiger partial charge in [0.2, 0.25) is 5.91 Å². The number of carbonyl (C=O) groups is 2. The summed E-state index contributed by atoms with van der Waals surface area (Å²) in [5.74, 6) is 0.504. The number of nitrogens with two attached hydrogens (primary N) is 1. The SMILES string of the molecule is COc1ccc([C@H](C)[NH2+]CC(=O)N2CC(=O)Nc3ccccc32)cc1Br. The standard InChI is InChI=1S/C19H20BrN3O3/c1-12(13-7-8-17(26-2)14(20)9-13)21-10-19(25)23-11-18(24)22-15-5-3-4-6-16(15)23/h3-9,12,21H,10-11H2,1-2H3,(H,22,24)/p+1/t12-/m0/s1. The smallest absolute Gasteiger partial charge is 0.282 e. The van der Waals surface area contributed by atoms with Crippen LogP contribution in [0.5, 0.6) is 5.75 Å². The van der Waals surface area contributed by atoms with Gasteiger partial charge in [-0.25, -0.2) is 0 Å². The third-order valence-corrected chi connectivity index (χ3v) is 5.04. The number of benzene rings is 2. The van der Waals surface area contributed by atoms with Crippen molar-refractivity contribution in [1.29, 1.82) is 0 Å². The van der Waals surface area contributed by atoms with Gasteiger partial charge in [-0.2, -0.15) is 0 Å². The second-order valence-electron chi connectivity index (χ2n) is 6.17.